The Labute approximate surface area is 186 Å². The normalized spacial score (nSPS) is 18.9. The average Bonchev–Trinajstić information content (AvgIpc) is 3.24. The molecule has 1 N–H and O–H groups in total. The van der Waals surface area contributed by atoms with Crippen molar-refractivity contribution in [2.24, 2.45) is 0 Å². The summed E-state index contributed by atoms with van der Waals surface area (Å²) in [5.74, 6) is -0.127. The van der Waals surface area contributed by atoms with Gasteiger partial charge in [0.15, 0.2) is 0 Å². The number of para-hydroxylation sites is 2. The standard InChI is InChI=1S/C24H28FN5O2/c1-27-17-30(19-9-7-18(25)8-10-19)24(22(27)31)11-15-28(16-12-24)13-4-14-29-21-6-3-2-5-20(21)26-23(29)32/h2-3,5-10H,4,11-17H2,1H3,(H,26,32). The lowest BCUT2D eigenvalue weighted by Gasteiger charge is -2.43. The van der Waals surface area contributed by atoms with Gasteiger partial charge in [0.05, 0.1) is 17.7 Å². The fourth-order valence-electron chi connectivity index (χ4n) is 5.24. The molecule has 0 atom stereocenters. The molecule has 5 rings (SSSR count). The minimum atomic E-state index is -0.559. The number of hydrogen-bond acceptors (Lipinski definition) is 4. The van der Waals surface area contributed by atoms with Gasteiger partial charge in [-0.25, -0.2) is 9.18 Å². The van der Waals surface area contributed by atoms with Crippen molar-refractivity contribution in [3.63, 3.8) is 0 Å². The van der Waals surface area contributed by atoms with Crippen LogP contribution in [-0.2, 0) is 11.3 Å². The van der Waals surface area contributed by atoms with Crippen LogP contribution in [0.15, 0.2) is 53.3 Å². The highest BCUT2D eigenvalue weighted by Crippen LogP contribution is 2.39. The maximum absolute atomic E-state index is 13.4. The summed E-state index contributed by atoms with van der Waals surface area (Å²) in [7, 11) is 1.83. The van der Waals surface area contributed by atoms with E-state index in [1.165, 1.54) is 12.1 Å². The largest absolute Gasteiger partial charge is 0.339 e. The smallest absolute Gasteiger partial charge is 0.326 e. The fourth-order valence-corrected chi connectivity index (χ4v) is 5.24. The number of piperidine rings is 1. The number of carbonyl (C=O) groups is 1. The molecule has 2 saturated heterocycles. The lowest BCUT2D eigenvalue weighted by molar-refractivity contribution is -0.132. The summed E-state index contributed by atoms with van der Waals surface area (Å²) in [6.07, 6.45) is 2.34. The summed E-state index contributed by atoms with van der Waals surface area (Å²) < 4.78 is 15.2. The van der Waals surface area contributed by atoms with Gasteiger partial charge in [-0.05, 0) is 62.2 Å². The second kappa shape index (κ2) is 8.09. The van der Waals surface area contributed by atoms with Crippen LogP contribution < -0.4 is 10.6 Å². The van der Waals surface area contributed by atoms with Gasteiger partial charge in [-0.1, -0.05) is 12.1 Å². The van der Waals surface area contributed by atoms with E-state index in [4.69, 9.17) is 0 Å². The Bertz CT molecular complexity index is 1180. The van der Waals surface area contributed by atoms with Crippen LogP contribution in [-0.4, -0.2) is 64.1 Å². The molecule has 2 aromatic carbocycles. The third kappa shape index (κ3) is 3.48. The number of likely N-dealkylation sites (N-methyl/N-ethyl adjacent to an activating group) is 1. The van der Waals surface area contributed by atoms with E-state index in [-0.39, 0.29) is 17.4 Å². The first-order valence-corrected chi connectivity index (χ1v) is 11.2. The van der Waals surface area contributed by atoms with Crippen molar-refractivity contribution in [3.8, 4) is 0 Å². The first-order valence-electron chi connectivity index (χ1n) is 11.2. The molecule has 1 amide bonds. The van der Waals surface area contributed by atoms with E-state index in [1.54, 1.807) is 21.6 Å². The van der Waals surface area contributed by atoms with Crippen LogP contribution in [0.1, 0.15) is 19.3 Å². The molecule has 168 valence electrons. The van der Waals surface area contributed by atoms with Crippen LogP contribution in [0.25, 0.3) is 11.0 Å². The second-order valence-corrected chi connectivity index (χ2v) is 8.87. The number of anilines is 1. The number of amides is 1. The van der Waals surface area contributed by atoms with E-state index in [0.717, 1.165) is 55.6 Å². The molecule has 0 aliphatic carbocycles. The molecule has 7 nitrogen and oxygen atoms in total. The number of aromatic amines is 1. The minimum absolute atomic E-state index is 0.0710. The maximum Gasteiger partial charge on any atom is 0.326 e. The van der Waals surface area contributed by atoms with Crippen molar-refractivity contribution >= 4 is 22.6 Å². The number of fused-ring (bicyclic) bond motifs is 1. The van der Waals surface area contributed by atoms with Crippen molar-refractivity contribution < 1.29 is 9.18 Å². The van der Waals surface area contributed by atoms with E-state index >= 15 is 0 Å². The van der Waals surface area contributed by atoms with Gasteiger partial charge in [-0.3, -0.25) is 9.36 Å². The molecule has 32 heavy (non-hydrogen) atoms. The number of nitrogens with one attached hydrogen (secondary N) is 1. The first kappa shape index (κ1) is 20.8. The molecular weight excluding hydrogens is 409 g/mol. The number of aromatic nitrogens is 2. The summed E-state index contributed by atoms with van der Waals surface area (Å²) in [5, 5.41) is 0. The zero-order valence-corrected chi connectivity index (χ0v) is 18.3. The van der Waals surface area contributed by atoms with Crippen LogP contribution in [0.5, 0.6) is 0 Å². The highest BCUT2D eigenvalue weighted by atomic mass is 19.1. The molecular formula is C24H28FN5O2. The van der Waals surface area contributed by atoms with Crippen LogP contribution in [0.2, 0.25) is 0 Å². The zero-order chi connectivity index (χ0) is 22.3. The zero-order valence-electron chi connectivity index (χ0n) is 18.3. The van der Waals surface area contributed by atoms with E-state index in [0.29, 0.717) is 13.2 Å². The Morgan fingerprint density at radius 3 is 2.47 bits per heavy atom. The van der Waals surface area contributed by atoms with Crippen molar-refractivity contribution in [1.82, 2.24) is 19.4 Å². The van der Waals surface area contributed by atoms with Gasteiger partial charge < -0.3 is 19.7 Å². The number of carbonyl (C=O) groups excluding carboxylic acids is 1. The third-order valence-electron chi connectivity index (χ3n) is 6.97. The van der Waals surface area contributed by atoms with Crippen molar-refractivity contribution in [2.45, 2.75) is 31.3 Å². The second-order valence-electron chi connectivity index (χ2n) is 8.87. The number of imidazole rings is 1. The number of hydrogen-bond donors (Lipinski definition) is 1. The van der Waals surface area contributed by atoms with E-state index in [9.17, 15) is 14.0 Å². The Morgan fingerprint density at radius 2 is 1.72 bits per heavy atom. The number of halogens is 1. The van der Waals surface area contributed by atoms with E-state index < -0.39 is 5.54 Å². The number of aryl methyl sites for hydroxylation is 1. The van der Waals surface area contributed by atoms with Crippen molar-refractivity contribution in [1.29, 1.82) is 0 Å². The first-order chi connectivity index (χ1) is 15.5. The third-order valence-corrected chi connectivity index (χ3v) is 6.97. The van der Waals surface area contributed by atoms with Gasteiger partial charge >= 0.3 is 5.69 Å². The molecule has 2 aliphatic rings. The Morgan fingerprint density at radius 1 is 1.00 bits per heavy atom. The predicted molar refractivity (Wildman–Crippen MR) is 122 cm³/mol. The summed E-state index contributed by atoms with van der Waals surface area (Å²) in [5.41, 5.74) is 2.05. The molecule has 8 heteroatoms. The quantitative estimate of drug-likeness (QED) is 0.667. The van der Waals surface area contributed by atoms with Gasteiger partial charge in [-0.2, -0.15) is 0 Å². The SMILES string of the molecule is CN1CN(c2ccc(F)cc2)C2(CCN(CCCn3c(=O)[nH]c4ccccc43)CC2)C1=O. The van der Waals surface area contributed by atoms with Crippen LogP contribution in [0.4, 0.5) is 10.1 Å². The van der Waals surface area contributed by atoms with E-state index in [2.05, 4.69) is 14.8 Å². The van der Waals surface area contributed by atoms with Crippen molar-refractivity contribution in [2.75, 3.05) is 38.3 Å². The highest BCUT2D eigenvalue weighted by molar-refractivity contribution is 5.93. The van der Waals surface area contributed by atoms with Gasteiger partial charge in [0, 0.05) is 32.4 Å². The molecule has 3 heterocycles. The molecule has 0 unspecified atom stereocenters. The Balaban J connectivity index is 1.23. The number of benzene rings is 2. The summed E-state index contributed by atoms with van der Waals surface area (Å²) in [4.78, 5) is 34.6. The monoisotopic (exact) mass is 437 g/mol. The summed E-state index contributed by atoms with van der Waals surface area (Å²) in [6, 6.07) is 14.2. The summed E-state index contributed by atoms with van der Waals surface area (Å²) >= 11 is 0. The maximum atomic E-state index is 13.4. The Hall–Kier alpha value is -3.13. The molecule has 1 aromatic heterocycles. The van der Waals surface area contributed by atoms with Gasteiger partial charge in [-0.15, -0.1) is 0 Å². The van der Waals surface area contributed by atoms with Gasteiger partial charge in [0.2, 0.25) is 5.91 Å². The predicted octanol–water partition coefficient (Wildman–Crippen LogP) is 2.63. The number of H-pyrrole nitrogens is 1. The summed E-state index contributed by atoms with van der Waals surface area (Å²) in [6.45, 7) is 3.70. The molecule has 3 aromatic rings. The molecule has 1 spiro atoms. The number of rotatable bonds is 5. The lowest BCUT2D eigenvalue weighted by atomic mass is 9.85. The number of nitrogens with zero attached hydrogens (tertiary/aromatic N) is 4. The molecule has 2 fully saturated rings. The lowest BCUT2D eigenvalue weighted by Crippen LogP contribution is -2.56. The Kier molecular flexibility index (Phi) is 5.25. The molecule has 0 saturated carbocycles. The topological polar surface area (TPSA) is 64.6 Å². The molecule has 0 bridgehead atoms. The number of likely N-dealkylation sites (tertiary alicyclic amines) is 1. The molecule has 2 aliphatic heterocycles. The van der Waals surface area contributed by atoms with E-state index in [1.807, 2.05) is 31.3 Å². The van der Waals surface area contributed by atoms with Crippen LogP contribution >= 0.6 is 0 Å². The van der Waals surface area contributed by atoms with Gasteiger partial charge in [0.1, 0.15) is 11.4 Å². The molecule has 0 radical (unpaired) electrons. The average molecular weight is 438 g/mol. The van der Waals surface area contributed by atoms with Crippen LogP contribution in [0, 0.1) is 5.82 Å². The van der Waals surface area contributed by atoms with Crippen LogP contribution in [0.3, 0.4) is 0 Å². The fraction of sp³-hybridized carbons (Fsp3) is 0.417. The van der Waals surface area contributed by atoms with Gasteiger partial charge in [0.25, 0.3) is 0 Å². The van der Waals surface area contributed by atoms with Crippen molar-refractivity contribution in [3.05, 3.63) is 64.8 Å². The minimum Gasteiger partial charge on any atom is -0.339 e. The highest BCUT2D eigenvalue weighted by Gasteiger charge is 2.52.